The maximum atomic E-state index is 12.2. The van der Waals surface area contributed by atoms with Crippen LogP contribution in [0.15, 0.2) is 66.9 Å². The van der Waals surface area contributed by atoms with Crippen molar-refractivity contribution in [3.63, 3.8) is 0 Å². The Morgan fingerprint density at radius 3 is 2.52 bits per heavy atom. The highest BCUT2D eigenvalue weighted by atomic mass is 16.5. The van der Waals surface area contributed by atoms with E-state index in [-0.39, 0.29) is 5.91 Å². The van der Waals surface area contributed by atoms with Crippen molar-refractivity contribution in [2.45, 2.75) is 6.42 Å². The van der Waals surface area contributed by atoms with E-state index in [4.69, 9.17) is 4.74 Å². The number of methoxy groups -OCH3 is 1. The first-order chi connectivity index (χ1) is 11.3. The van der Waals surface area contributed by atoms with E-state index >= 15 is 0 Å². The molecule has 0 bridgehead atoms. The molecule has 0 radical (unpaired) electrons. The summed E-state index contributed by atoms with van der Waals surface area (Å²) in [4.78, 5) is 12.2. The lowest BCUT2D eigenvalue weighted by Gasteiger charge is -2.09. The van der Waals surface area contributed by atoms with Gasteiger partial charge in [-0.15, -0.1) is 0 Å². The second-order valence-corrected chi connectivity index (χ2v) is 5.04. The van der Waals surface area contributed by atoms with Gasteiger partial charge in [-0.05, 0) is 29.8 Å². The molecule has 0 fully saturated rings. The Hall–Kier alpha value is -3.08. The standard InChI is InChI=1S/C18H17N3O2/c1-23-16-9-7-14(8-10-16)13-18(22)20-17-11-12-19-21(17)15-5-3-2-4-6-15/h2-12H,13H2,1H3,(H,20,22). The Morgan fingerprint density at radius 2 is 1.83 bits per heavy atom. The van der Waals surface area contributed by atoms with E-state index in [2.05, 4.69) is 10.4 Å². The molecule has 0 aliphatic carbocycles. The smallest absolute Gasteiger partial charge is 0.229 e. The lowest BCUT2D eigenvalue weighted by atomic mass is 10.1. The Bertz CT molecular complexity index is 780. The van der Waals surface area contributed by atoms with Crippen LogP contribution in [0.5, 0.6) is 5.75 Å². The fraction of sp³-hybridized carbons (Fsp3) is 0.111. The number of nitrogens with one attached hydrogen (secondary N) is 1. The van der Waals surface area contributed by atoms with E-state index in [9.17, 15) is 4.79 Å². The molecule has 0 saturated heterocycles. The van der Waals surface area contributed by atoms with Gasteiger partial charge in [0.05, 0.1) is 25.4 Å². The van der Waals surface area contributed by atoms with Crippen LogP contribution >= 0.6 is 0 Å². The molecule has 5 nitrogen and oxygen atoms in total. The van der Waals surface area contributed by atoms with Gasteiger partial charge in [-0.3, -0.25) is 4.79 Å². The first kappa shape index (κ1) is 14.8. The molecule has 0 spiro atoms. The summed E-state index contributed by atoms with van der Waals surface area (Å²) in [6, 6.07) is 18.9. The van der Waals surface area contributed by atoms with Crippen molar-refractivity contribution in [3.05, 3.63) is 72.4 Å². The van der Waals surface area contributed by atoms with Crippen molar-refractivity contribution >= 4 is 11.7 Å². The molecule has 0 aliphatic rings. The number of aromatic nitrogens is 2. The lowest BCUT2D eigenvalue weighted by Crippen LogP contribution is -2.17. The Kier molecular flexibility index (Phi) is 4.38. The van der Waals surface area contributed by atoms with Gasteiger partial charge in [-0.25, -0.2) is 4.68 Å². The molecule has 1 aromatic heterocycles. The topological polar surface area (TPSA) is 56.1 Å². The molecule has 5 heteroatoms. The van der Waals surface area contributed by atoms with Gasteiger partial charge in [-0.2, -0.15) is 5.10 Å². The molecule has 23 heavy (non-hydrogen) atoms. The van der Waals surface area contributed by atoms with Gasteiger partial charge in [0.15, 0.2) is 0 Å². The first-order valence-electron chi connectivity index (χ1n) is 7.28. The van der Waals surface area contributed by atoms with Crippen LogP contribution in [0.3, 0.4) is 0 Å². The number of rotatable bonds is 5. The number of nitrogens with zero attached hydrogens (tertiary/aromatic N) is 2. The van der Waals surface area contributed by atoms with Crippen LogP contribution in [0.4, 0.5) is 5.82 Å². The third kappa shape index (κ3) is 3.58. The largest absolute Gasteiger partial charge is 0.497 e. The fourth-order valence-electron chi connectivity index (χ4n) is 2.29. The van der Waals surface area contributed by atoms with Crippen molar-refractivity contribution < 1.29 is 9.53 Å². The minimum Gasteiger partial charge on any atom is -0.497 e. The molecule has 3 rings (SSSR count). The van der Waals surface area contributed by atoms with Crippen LogP contribution in [0.1, 0.15) is 5.56 Å². The summed E-state index contributed by atoms with van der Waals surface area (Å²) in [5.74, 6) is 1.33. The lowest BCUT2D eigenvalue weighted by molar-refractivity contribution is -0.115. The van der Waals surface area contributed by atoms with Crippen LogP contribution in [0.25, 0.3) is 5.69 Å². The van der Waals surface area contributed by atoms with E-state index in [1.165, 1.54) is 0 Å². The maximum absolute atomic E-state index is 12.2. The molecule has 116 valence electrons. The van der Waals surface area contributed by atoms with Gasteiger partial charge < -0.3 is 10.1 Å². The van der Waals surface area contributed by atoms with Crippen molar-refractivity contribution in [2.75, 3.05) is 12.4 Å². The van der Waals surface area contributed by atoms with Crippen LogP contribution in [0, 0.1) is 0 Å². The average molecular weight is 307 g/mol. The summed E-state index contributed by atoms with van der Waals surface area (Å²) < 4.78 is 6.81. The molecule has 3 aromatic rings. The third-order valence-electron chi connectivity index (χ3n) is 3.43. The predicted molar refractivity (Wildman–Crippen MR) is 88.9 cm³/mol. The molecular weight excluding hydrogens is 290 g/mol. The molecule has 1 amide bonds. The quantitative estimate of drug-likeness (QED) is 0.788. The molecule has 2 aromatic carbocycles. The number of benzene rings is 2. The highest BCUT2D eigenvalue weighted by Crippen LogP contribution is 2.15. The number of carbonyl (C=O) groups excluding carboxylic acids is 1. The van der Waals surface area contributed by atoms with Crippen molar-refractivity contribution in [1.82, 2.24) is 9.78 Å². The SMILES string of the molecule is COc1ccc(CC(=O)Nc2ccnn2-c2ccccc2)cc1. The molecular formula is C18H17N3O2. The molecule has 0 unspecified atom stereocenters. The predicted octanol–water partition coefficient (Wildman–Crippen LogP) is 3.06. The molecule has 1 heterocycles. The maximum Gasteiger partial charge on any atom is 0.229 e. The summed E-state index contributed by atoms with van der Waals surface area (Å²) in [6.45, 7) is 0. The third-order valence-corrected chi connectivity index (χ3v) is 3.43. The Balaban J connectivity index is 1.70. The van der Waals surface area contributed by atoms with E-state index < -0.39 is 0 Å². The number of carbonyl (C=O) groups is 1. The molecule has 1 N–H and O–H groups in total. The van der Waals surface area contributed by atoms with Gasteiger partial charge in [0.1, 0.15) is 11.6 Å². The van der Waals surface area contributed by atoms with Crippen molar-refractivity contribution in [1.29, 1.82) is 0 Å². The van der Waals surface area contributed by atoms with E-state index in [0.717, 1.165) is 17.0 Å². The summed E-state index contributed by atoms with van der Waals surface area (Å²) in [5, 5.41) is 7.15. The summed E-state index contributed by atoms with van der Waals surface area (Å²) in [7, 11) is 1.62. The van der Waals surface area contributed by atoms with Crippen LogP contribution in [0.2, 0.25) is 0 Å². The van der Waals surface area contributed by atoms with E-state index in [1.54, 1.807) is 24.1 Å². The molecule has 0 atom stereocenters. The number of ether oxygens (including phenoxy) is 1. The number of amides is 1. The number of anilines is 1. The van der Waals surface area contributed by atoms with Gasteiger partial charge in [0.2, 0.25) is 5.91 Å². The first-order valence-corrected chi connectivity index (χ1v) is 7.28. The van der Waals surface area contributed by atoms with E-state index in [0.29, 0.717) is 12.2 Å². The highest BCUT2D eigenvalue weighted by Gasteiger charge is 2.09. The van der Waals surface area contributed by atoms with Gasteiger partial charge in [0.25, 0.3) is 0 Å². The fourth-order valence-corrected chi connectivity index (χ4v) is 2.29. The zero-order valence-corrected chi connectivity index (χ0v) is 12.8. The normalized spacial score (nSPS) is 10.3. The monoisotopic (exact) mass is 307 g/mol. The summed E-state index contributed by atoms with van der Waals surface area (Å²) >= 11 is 0. The molecule has 0 aliphatic heterocycles. The van der Waals surface area contributed by atoms with E-state index in [1.807, 2.05) is 54.6 Å². The summed E-state index contributed by atoms with van der Waals surface area (Å²) in [6.07, 6.45) is 1.96. The van der Waals surface area contributed by atoms with Gasteiger partial charge in [-0.1, -0.05) is 30.3 Å². The van der Waals surface area contributed by atoms with Crippen LogP contribution in [-0.4, -0.2) is 22.8 Å². The second kappa shape index (κ2) is 6.79. The zero-order valence-electron chi connectivity index (χ0n) is 12.8. The van der Waals surface area contributed by atoms with Gasteiger partial charge in [0, 0.05) is 6.07 Å². The molecule has 0 saturated carbocycles. The average Bonchev–Trinajstić information content (AvgIpc) is 3.04. The minimum atomic E-state index is -0.0900. The van der Waals surface area contributed by atoms with Crippen molar-refractivity contribution in [2.24, 2.45) is 0 Å². The van der Waals surface area contributed by atoms with Crippen LogP contribution < -0.4 is 10.1 Å². The Morgan fingerprint density at radius 1 is 1.09 bits per heavy atom. The number of para-hydroxylation sites is 1. The van der Waals surface area contributed by atoms with Gasteiger partial charge >= 0.3 is 0 Å². The number of hydrogen-bond acceptors (Lipinski definition) is 3. The van der Waals surface area contributed by atoms with Crippen molar-refractivity contribution in [3.8, 4) is 11.4 Å². The highest BCUT2D eigenvalue weighted by molar-refractivity contribution is 5.91. The zero-order chi connectivity index (χ0) is 16.1. The Labute approximate surface area is 134 Å². The minimum absolute atomic E-state index is 0.0900. The van der Waals surface area contributed by atoms with Crippen LogP contribution in [-0.2, 0) is 11.2 Å². The second-order valence-electron chi connectivity index (χ2n) is 5.04. The summed E-state index contributed by atoms with van der Waals surface area (Å²) in [5.41, 5.74) is 1.83. The number of hydrogen-bond donors (Lipinski definition) is 1.